The van der Waals surface area contributed by atoms with Crippen molar-refractivity contribution in [3.05, 3.63) is 29.8 Å². The molecule has 0 spiro atoms. The largest absolute Gasteiger partial charge is 0.494 e. The highest BCUT2D eigenvalue weighted by Gasteiger charge is 2.59. The number of nitrogens with zero attached hydrogens (tertiary/aromatic N) is 2. The first-order valence-corrected chi connectivity index (χ1v) is 9.82. The molecule has 6 heteroatoms. The van der Waals surface area contributed by atoms with Crippen LogP contribution >= 0.6 is 24.0 Å². The van der Waals surface area contributed by atoms with Gasteiger partial charge in [0.2, 0.25) is 0 Å². The maximum atomic E-state index is 5.92. The van der Waals surface area contributed by atoms with E-state index in [1.54, 1.807) is 0 Å². The first-order valence-electron chi connectivity index (χ1n) is 9.82. The van der Waals surface area contributed by atoms with E-state index >= 15 is 0 Å². The number of hydrogen-bond donors (Lipinski definition) is 1. The molecule has 1 heterocycles. The van der Waals surface area contributed by atoms with E-state index in [1.165, 1.54) is 5.56 Å². The second-order valence-corrected chi connectivity index (χ2v) is 7.92. The van der Waals surface area contributed by atoms with Crippen LogP contribution in [0.25, 0.3) is 0 Å². The van der Waals surface area contributed by atoms with Crippen LogP contribution in [0, 0.1) is 11.3 Å². The summed E-state index contributed by atoms with van der Waals surface area (Å²) >= 11 is 0. The van der Waals surface area contributed by atoms with Crippen molar-refractivity contribution in [1.82, 2.24) is 10.2 Å². The van der Waals surface area contributed by atoms with Crippen LogP contribution in [0.1, 0.15) is 39.7 Å². The molecule has 5 nitrogen and oxygen atoms in total. The minimum absolute atomic E-state index is 0. The average molecular weight is 487 g/mol. The van der Waals surface area contributed by atoms with E-state index in [1.807, 2.05) is 19.1 Å². The molecule has 3 unspecified atom stereocenters. The summed E-state index contributed by atoms with van der Waals surface area (Å²) in [7, 11) is 2.10. The summed E-state index contributed by atoms with van der Waals surface area (Å²) in [5.74, 6) is 2.50. The quantitative estimate of drug-likeness (QED) is 0.376. The fourth-order valence-corrected chi connectivity index (χ4v) is 4.39. The number of hydrogen-bond acceptors (Lipinski definition) is 3. The lowest BCUT2D eigenvalue weighted by molar-refractivity contribution is -0.107. The SMILES string of the molecule is CCN=C(NC1C2CCOC2C1(C)C)N(C)Cc1ccc(OCC)cc1.I. The number of nitrogens with one attached hydrogen (secondary N) is 1. The highest BCUT2D eigenvalue weighted by molar-refractivity contribution is 14.0. The molecular formula is C21H34IN3O2. The smallest absolute Gasteiger partial charge is 0.194 e. The van der Waals surface area contributed by atoms with Gasteiger partial charge in [0, 0.05) is 44.1 Å². The standard InChI is InChI=1S/C21H33N3O2.HI/c1-6-22-20(23-18-17-12-13-26-19(17)21(18,3)4)24(5)14-15-8-10-16(11-9-15)25-7-2;/h8-11,17-19H,6-7,12-14H2,1-5H3,(H,22,23);1H. The van der Waals surface area contributed by atoms with E-state index < -0.39 is 0 Å². The van der Waals surface area contributed by atoms with Gasteiger partial charge in [0.15, 0.2) is 5.96 Å². The molecule has 152 valence electrons. The molecule has 1 aromatic rings. The Bertz CT molecular complexity index is 633. The molecule has 1 aliphatic carbocycles. The van der Waals surface area contributed by atoms with Crippen LogP contribution in [0.4, 0.5) is 0 Å². The molecule has 1 aromatic carbocycles. The molecule has 0 radical (unpaired) electrons. The van der Waals surface area contributed by atoms with Gasteiger partial charge in [-0.3, -0.25) is 4.99 Å². The van der Waals surface area contributed by atoms with Crippen molar-refractivity contribution in [1.29, 1.82) is 0 Å². The van der Waals surface area contributed by atoms with Crippen molar-refractivity contribution in [2.75, 3.05) is 26.8 Å². The molecule has 1 saturated carbocycles. The van der Waals surface area contributed by atoms with Crippen LogP contribution in [0.2, 0.25) is 0 Å². The molecule has 0 aromatic heterocycles. The predicted molar refractivity (Wildman–Crippen MR) is 121 cm³/mol. The van der Waals surface area contributed by atoms with Gasteiger partial charge in [0.25, 0.3) is 0 Å². The van der Waals surface area contributed by atoms with E-state index in [-0.39, 0.29) is 29.4 Å². The van der Waals surface area contributed by atoms with Gasteiger partial charge in [-0.1, -0.05) is 26.0 Å². The topological polar surface area (TPSA) is 46.1 Å². The minimum atomic E-state index is 0. The lowest BCUT2D eigenvalue weighted by atomic mass is 9.57. The Kier molecular flexibility index (Phi) is 7.80. The van der Waals surface area contributed by atoms with Gasteiger partial charge in [-0.05, 0) is 38.0 Å². The molecule has 27 heavy (non-hydrogen) atoms. The Morgan fingerprint density at radius 3 is 2.63 bits per heavy atom. The van der Waals surface area contributed by atoms with Crippen molar-refractivity contribution in [3.63, 3.8) is 0 Å². The highest BCUT2D eigenvalue weighted by atomic mass is 127. The van der Waals surface area contributed by atoms with Crippen LogP contribution in [0.15, 0.2) is 29.3 Å². The van der Waals surface area contributed by atoms with E-state index in [2.05, 4.69) is 50.2 Å². The second kappa shape index (κ2) is 9.45. The average Bonchev–Trinajstić information content (AvgIpc) is 3.07. The summed E-state index contributed by atoms with van der Waals surface area (Å²) in [5.41, 5.74) is 1.40. The van der Waals surface area contributed by atoms with Crippen LogP contribution in [-0.2, 0) is 11.3 Å². The number of guanidine groups is 1. The molecule has 1 saturated heterocycles. The number of benzene rings is 1. The van der Waals surface area contributed by atoms with E-state index in [0.29, 0.717) is 24.7 Å². The van der Waals surface area contributed by atoms with Gasteiger partial charge in [-0.2, -0.15) is 0 Å². The summed E-state index contributed by atoms with van der Waals surface area (Å²) < 4.78 is 11.4. The maximum absolute atomic E-state index is 5.92. The summed E-state index contributed by atoms with van der Waals surface area (Å²) in [4.78, 5) is 6.94. The first-order chi connectivity index (χ1) is 12.5. The number of aliphatic imine (C=N–C) groups is 1. The fraction of sp³-hybridized carbons (Fsp3) is 0.667. The molecule has 2 aliphatic rings. The summed E-state index contributed by atoms with van der Waals surface area (Å²) in [5, 5.41) is 3.74. The third-order valence-corrected chi connectivity index (χ3v) is 5.71. The van der Waals surface area contributed by atoms with Crippen LogP contribution in [-0.4, -0.2) is 49.8 Å². The molecule has 1 aliphatic heterocycles. The van der Waals surface area contributed by atoms with Crippen molar-refractivity contribution < 1.29 is 9.47 Å². The summed E-state index contributed by atoms with van der Waals surface area (Å²) in [6, 6.07) is 8.74. The Morgan fingerprint density at radius 2 is 2.00 bits per heavy atom. The summed E-state index contributed by atoms with van der Waals surface area (Å²) in [6.45, 7) is 11.9. The van der Waals surface area contributed by atoms with E-state index in [4.69, 9.17) is 14.5 Å². The van der Waals surface area contributed by atoms with Gasteiger partial charge < -0.3 is 19.7 Å². The van der Waals surface area contributed by atoms with Gasteiger partial charge >= 0.3 is 0 Å². The minimum Gasteiger partial charge on any atom is -0.494 e. The number of rotatable bonds is 6. The zero-order valence-electron chi connectivity index (χ0n) is 17.2. The van der Waals surface area contributed by atoms with Crippen molar-refractivity contribution in [2.24, 2.45) is 16.3 Å². The fourth-order valence-electron chi connectivity index (χ4n) is 4.39. The lowest BCUT2D eigenvalue weighted by Crippen LogP contribution is -2.67. The molecule has 3 atom stereocenters. The van der Waals surface area contributed by atoms with Gasteiger partial charge in [-0.15, -0.1) is 24.0 Å². The van der Waals surface area contributed by atoms with Crippen molar-refractivity contribution in [3.8, 4) is 5.75 Å². The lowest BCUT2D eigenvalue weighted by Gasteiger charge is -2.55. The highest BCUT2D eigenvalue weighted by Crippen LogP contribution is 2.52. The van der Waals surface area contributed by atoms with E-state index in [9.17, 15) is 0 Å². The number of fused-ring (bicyclic) bond motifs is 1. The Labute approximate surface area is 180 Å². The van der Waals surface area contributed by atoms with Gasteiger partial charge in [-0.25, -0.2) is 0 Å². The molecule has 0 bridgehead atoms. The van der Waals surface area contributed by atoms with E-state index in [0.717, 1.165) is 37.8 Å². The van der Waals surface area contributed by atoms with Gasteiger partial charge in [0.1, 0.15) is 5.75 Å². The molecule has 3 rings (SSSR count). The third kappa shape index (κ3) is 4.70. The third-order valence-electron chi connectivity index (χ3n) is 5.71. The van der Waals surface area contributed by atoms with Crippen molar-refractivity contribution in [2.45, 2.75) is 52.8 Å². The molecule has 0 amide bonds. The predicted octanol–water partition coefficient (Wildman–Crippen LogP) is 3.91. The zero-order valence-corrected chi connectivity index (χ0v) is 19.5. The second-order valence-electron chi connectivity index (χ2n) is 7.92. The van der Waals surface area contributed by atoms with Crippen LogP contribution < -0.4 is 10.1 Å². The Balaban J connectivity index is 0.00000261. The Morgan fingerprint density at radius 1 is 1.30 bits per heavy atom. The Hall–Kier alpha value is -1.02. The number of ether oxygens (including phenoxy) is 2. The zero-order chi connectivity index (χ0) is 18.7. The normalized spacial score (nSPS) is 25.8. The number of halogens is 1. The maximum Gasteiger partial charge on any atom is 0.194 e. The monoisotopic (exact) mass is 487 g/mol. The molecule has 2 fully saturated rings. The van der Waals surface area contributed by atoms with Crippen LogP contribution in [0.3, 0.4) is 0 Å². The van der Waals surface area contributed by atoms with Gasteiger partial charge in [0.05, 0.1) is 12.7 Å². The molecule has 1 N–H and O–H groups in total. The summed E-state index contributed by atoms with van der Waals surface area (Å²) in [6.07, 6.45) is 1.53. The van der Waals surface area contributed by atoms with Crippen molar-refractivity contribution >= 4 is 29.9 Å². The van der Waals surface area contributed by atoms with Crippen LogP contribution in [0.5, 0.6) is 5.75 Å². The molecular weight excluding hydrogens is 453 g/mol. The first kappa shape index (κ1) is 22.3.